The lowest BCUT2D eigenvalue weighted by molar-refractivity contribution is -0.116. The number of nitrogens with zero attached hydrogens (tertiary/aromatic N) is 1. The second kappa shape index (κ2) is 3.98. The molecular formula is C16H19NO. The molecule has 18 heavy (non-hydrogen) atoms. The monoisotopic (exact) mass is 241 g/mol. The molecule has 0 fully saturated rings. The zero-order valence-electron chi connectivity index (χ0n) is 11.3. The lowest BCUT2D eigenvalue weighted by Crippen LogP contribution is -2.09. The van der Waals surface area contributed by atoms with Crippen LogP contribution in [0.5, 0.6) is 0 Å². The molecule has 2 heteroatoms. The van der Waals surface area contributed by atoms with E-state index >= 15 is 0 Å². The molecule has 0 unspecified atom stereocenters. The average molecular weight is 241 g/mol. The molecule has 0 bridgehead atoms. The highest BCUT2D eigenvalue weighted by atomic mass is 16.1. The Hall–Kier alpha value is -1.57. The Bertz CT molecular complexity index is 649. The Morgan fingerprint density at radius 3 is 2.83 bits per heavy atom. The first-order chi connectivity index (χ1) is 8.58. The number of rotatable bonds is 2. The zero-order valence-corrected chi connectivity index (χ0v) is 11.3. The number of benzene rings is 1. The molecule has 2 aromatic rings. The van der Waals surface area contributed by atoms with Crippen LogP contribution in [0.1, 0.15) is 35.7 Å². The molecule has 2 heterocycles. The summed E-state index contributed by atoms with van der Waals surface area (Å²) >= 11 is 0. The van der Waals surface area contributed by atoms with Crippen LogP contribution in [0.2, 0.25) is 0 Å². The van der Waals surface area contributed by atoms with Gasteiger partial charge in [-0.1, -0.05) is 6.07 Å². The Labute approximate surface area is 108 Å². The van der Waals surface area contributed by atoms with Gasteiger partial charge in [0, 0.05) is 24.0 Å². The minimum atomic E-state index is 0.242. The van der Waals surface area contributed by atoms with Gasteiger partial charge in [-0.3, -0.25) is 4.79 Å². The lowest BCUT2D eigenvalue weighted by atomic mass is 9.97. The molecule has 0 N–H and O–H groups in total. The summed E-state index contributed by atoms with van der Waals surface area (Å²) in [6, 6.07) is 4.45. The molecule has 3 rings (SSSR count). The number of Topliss-reactive ketones (excluding diaryl/α,β-unsaturated/α-hetero) is 1. The minimum absolute atomic E-state index is 0.242. The van der Waals surface area contributed by atoms with E-state index in [0.29, 0.717) is 6.42 Å². The Morgan fingerprint density at radius 1 is 1.33 bits per heavy atom. The van der Waals surface area contributed by atoms with Crippen molar-refractivity contribution in [1.29, 1.82) is 0 Å². The molecule has 0 spiro atoms. The number of hydrogen-bond acceptors (Lipinski definition) is 1. The van der Waals surface area contributed by atoms with Crippen molar-refractivity contribution in [2.24, 2.45) is 0 Å². The maximum absolute atomic E-state index is 11.3. The minimum Gasteiger partial charge on any atom is -0.344 e. The fourth-order valence-corrected chi connectivity index (χ4v) is 3.22. The van der Waals surface area contributed by atoms with E-state index in [0.717, 1.165) is 13.0 Å². The predicted molar refractivity (Wildman–Crippen MR) is 74.1 cm³/mol. The molecule has 0 aliphatic carbocycles. The molecule has 1 aliphatic rings. The first-order valence-corrected chi connectivity index (χ1v) is 6.68. The fraction of sp³-hybridized carbons (Fsp3) is 0.438. The third-order valence-electron chi connectivity index (χ3n) is 4.15. The smallest absolute Gasteiger partial charge is 0.134 e. The average Bonchev–Trinajstić information content (AvgIpc) is 2.56. The highest BCUT2D eigenvalue weighted by Crippen LogP contribution is 2.33. The third kappa shape index (κ3) is 1.59. The largest absolute Gasteiger partial charge is 0.344 e. The van der Waals surface area contributed by atoms with Gasteiger partial charge in [0.1, 0.15) is 5.78 Å². The van der Waals surface area contributed by atoms with Crippen molar-refractivity contribution in [3.05, 3.63) is 34.5 Å². The van der Waals surface area contributed by atoms with Gasteiger partial charge in [-0.15, -0.1) is 0 Å². The van der Waals surface area contributed by atoms with Gasteiger partial charge in [0.25, 0.3) is 0 Å². The van der Waals surface area contributed by atoms with Gasteiger partial charge in [0.2, 0.25) is 0 Å². The maximum atomic E-state index is 11.3. The molecule has 0 amide bonds. The van der Waals surface area contributed by atoms with Gasteiger partial charge in [-0.05, 0) is 56.4 Å². The van der Waals surface area contributed by atoms with Gasteiger partial charge in [0.15, 0.2) is 0 Å². The van der Waals surface area contributed by atoms with E-state index in [9.17, 15) is 4.79 Å². The number of hydrogen-bond donors (Lipinski definition) is 0. The van der Waals surface area contributed by atoms with Crippen molar-refractivity contribution in [3.8, 4) is 0 Å². The zero-order chi connectivity index (χ0) is 12.9. The molecule has 0 saturated carbocycles. The molecule has 0 saturated heterocycles. The highest BCUT2D eigenvalue weighted by molar-refractivity contribution is 5.90. The van der Waals surface area contributed by atoms with E-state index < -0.39 is 0 Å². The highest BCUT2D eigenvalue weighted by Gasteiger charge is 2.18. The van der Waals surface area contributed by atoms with E-state index in [1.54, 1.807) is 6.92 Å². The summed E-state index contributed by atoms with van der Waals surface area (Å²) in [7, 11) is 0. The third-order valence-corrected chi connectivity index (χ3v) is 4.15. The van der Waals surface area contributed by atoms with E-state index in [1.807, 2.05) is 0 Å². The first kappa shape index (κ1) is 11.5. The molecule has 1 aromatic heterocycles. The molecule has 1 aliphatic heterocycles. The summed E-state index contributed by atoms with van der Waals surface area (Å²) in [5, 5.41) is 1.35. The van der Waals surface area contributed by atoms with Crippen LogP contribution in [0.15, 0.2) is 12.1 Å². The topological polar surface area (TPSA) is 22.0 Å². The SMILES string of the molecule is CC(=O)Cc1cc2c3c(c1)c(C)c(C)n3CCC2. The molecule has 0 atom stereocenters. The van der Waals surface area contributed by atoms with Crippen molar-refractivity contribution in [1.82, 2.24) is 4.57 Å². The molecule has 0 radical (unpaired) electrons. The van der Waals surface area contributed by atoms with Crippen molar-refractivity contribution in [3.63, 3.8) is 0 Å². The van der Waals surface area contributed by atoms with Crippen LogP contribution in [-0.2, 0) is 24.2 Å². The number of aryl methyl sites for hydroxylation is 3. The van der Waals surface area contributed by atoms with Crippen LogP contribution in [0.25, 0.3) is 10.9 Å². The lowest BCUT2D eigenvalue weighted by Gasteiger charge is -2.17. The Balaban J connectivity index is 2.29. The second-order valence-electron chi connectivity index (χ2n) is 5.50. The second-order valence-corrected chi connectivity index (χ2v) is 5.50. The van der Waals surface area contributed by atoms with Gasteiger partial charge in [-0.2, -0.15) is 0 Å². The summed E-state index contributed by atoms with van der Waals surface area (Å²) in [5.41, 5.74) is 6.76. The fourth-order valence-electron chi connectivity index (χ4n) is 3.22. The maximum Gasteiger partial charge on any atom is 0.134 e. The standard InChI is InChI=1S/C16H19NO/c1-10(18)7-13-8-14-5-4-6-17-12(3)11(2)15(9-13)16(14)17/h8-9H,4-7H2,1-3H3. The summed E-state index contributed by atoms with van der Waals surface area (Å²) in [4.78, 5) is 11.3. The number of aromatic nitrogens is 1. The van der Waals surface area contributed by atoms with Crippen molar-refractivity contribution < 1.29 is 4.79 Å². The molecule has 94 valence electrons. The molecular weight excluding hydrogens is 222 g/mol. The number of ketones is 1. The van der Waals surface area contributed by atoms with Crippen LogP contribution in [0, 0.1) is 13.8 Å². The number of carbonyl (C=O) groups is 1. The first-order valence-electron chi connectivity index (χ1n) is 6.68. The van der Waals surface area contributed by atoms with Crippen LogP contribution in [-0.4, -0.2) is 10.4 Å². The van der Waals surface area contributed by atoms with Gasteiger partial charge in [0.05, 0.1) is 5.52 Å². The van der Waals surface area contributed by atoms with Crippen molar-refractivity contribution in [2.45, 2.75) is 46.6 Å². The summed E-state index contributed by atoms with van der Waals surface area (Å²) in [6.07, 6.45) is 2.92. The van der Waals surface area contributed by atoms with Crippen LogP contribution in [0.3, 0.4) is 0 Å². The van der Waals surface area contributed by atoms with Crippen molar-refractivity contribution >= 4 is 16.7 Å². The van der Waals surface area contributed by atoms with Gasteiger partial charge in [-0.25, -0.2) is 0 Å². The summed E-state index contributed by atoms with van der Waals surface area (Å²) < 4.78 is 2.45. The van der Waals surface area contributed by atoms with Crippen molar-refractivity contribution in [2.75, 3.05) is 0 Å². The summed E-state index contributed by atoms with van der Waals surface area (Å²) in [5.74, 6) is 0.242. The Morgan fingerprint density at radius 2 is 2.11 bits per heavy atom. The summed E-state index contributed by atoms with van der Waals surface area (Å²) in [6.45, 7) is 7.20. The van der Waals surface area contributed by atoms with Gasteiger partial charge < -0.3 is 4.57 Å². The molecule has 2 nitrogen and oxygen atoms in total. The van der Waals surface area contributed by atoms with Crippen LogP contribution in [0.4, 0.5) is 0 Å². The van der Waals surface area contributed by atoms with Crippen LogP contribution >= 0.6 is 0 Å². The Kier molecular flexibility index (Phi) is 2.54. The predicted octanol–water partition coefficient (Wildman–Crippen LogP) is 3.34. The quantitative estimate of drug-likeness (QED) is 0.790. The van der Waals surface area contributed by atoms with E-state index in [2.05, 4.69) is 30.5 Å². The van der Waals surface area contributed by atoms with E-state index in [-0.39, 0.29) is 5.78 Å². The van der Waals surface area contributed by atoms with Crippen LogP contribution < -0.4 is 0 Å². The van der Waals surface area contributed by atoms with Gasteiger partial charge >= 0.3 is 0 Å². The van der Waals surface area contributed by atoms with E-state index in [4.69, 9.17) is 0 Å². The molecule has 1 aromatic carbocycles. The van der Waals surface area contributed by atoms with E-state index in [1.165, 1.54) is 39.7 Å². The number of carbonyl (C=O) groups excluding carboxylic acids is 1. The normalized spacial score (nSPS) is 14.2.